The normalized spacial score (nSPS) is 39.6. The van der Waals surface area contributed by atoms with E-state index in [9.17, 15) is 35.7 Å². The molecule has 6 unspecified atom stereocenters. The van der Waals surface area contributed by atoms with Crippen LogP contribution in [0.3, 0.4) is 0 Å². The molecule has 0 bridgehead atoms. The Labute approximate surface area is 199 Å². The summed E-state index contributed by atoms with van der Waals surface area (Å²) in [7, 11) is 0. The maximum Gasteiger partial charge on any atom is 0.187 e. The Morgan fingerprint density at radius 1 is 0.667 bits per heavy atom. The Morgan fingerprint density at radius 2 is 1.27 bits per heavy atom. The molecule has 10 nitrogen and oxygen atoms in total. The van der Waals surface area contributed by atoms with Crippen molar-refractivity contribution in [3.05, 3.63) is 0 Å². The average molecular weight is 499 g/mol. The van der Waals surface area contributed by atoms with Crippen molar-refractivity contribution < 1.29 is 50.0 Å². The van der Waals surface area contributed by atoms with E-state index >= 15 is 0 Å². The molecule has 0 spiro atoms. The molecule has 2 aliphatic heterocycles. The van der Waals surface area contributed by atoms with Crippen LogP contribution < -0.4 is 0 Å². The first-order valence-corrected chi connectivity index (χ1v) is 13.1. The first-order valence-electron chi connectivity index (χ1n) is 12.1. The molecule has 0 aromatic rings. The maximum absolute atomic E-state index is 10.6. The second kappa shape index (κ2) is 15.1. The van der Waals surface area contributed by atoms with Crippen LogP contribution in [0.1, 0.15) is 58.3 Å². The van der Waals surface area contributed by atoms with E-state index in [1.807, 2.05) is 0 Å². The molecule has 2 heterocycles. The van der Waals surface area contributed by atoms with Crippen molar-refractivity contribution in [2.45, 2.75) is 119 Å². The van der Waals surface area contributed by atoms with Crippen LogP contribution in [0.2, 0.25) is 0 Å². The highest BCUT2D eigenvalue weighted by molar-refractivity contribution is 7.99. The molecule has 2 aliphatic rings. The number of hydrogen-bond donors (Lipinski definition) is 7. The third-order valence-corrected chi connectivity index (χ3v) is 7.48. The highest BCUT2D eigenvalue weighted by atomic mass is 32.2. The molecule has 0 amide bonds. The summed E-state index contributed by atoms with van der Waals surface area (Å²) in [5.41, 5.74) is -0.753. The van der Waals surface area contributed by atoms with Crippen molar-refractivity contribution in [2.24, 2.45) is 0 Å². The molecule has 7 N–H and O–H groups in total. The van der Waals surface area contributed by atoms with E-state index in [0.29, 0.717) is 0 Å². The lowest BCUT2D eigenvalue weighted by molar-refractivity contribution is -0.338. The van der Waals surface area contributed by atoms with E-state index < -0.39 is 73.8 Å². The van der Waals surface area contributed by atoms with Crippen LogP contribution in [0.15, 0.2) is 0 Å². The van der Waals surface area contributed by atoms with Gasteiger partial charge in [0, 0.05) is 0 Å². The minimum absolute atomic E-state index is 0.513. The van der Waals surface area contributed by atoms with Crippen molar-refractivity contribution in [2.75, 3.05) is 19.0 Å². The summed E-state index contributed by atoms with van der Waals surface area (Å²) in [5.74, 6) is 0.736. The zero-order valence-corrected chi connectivity index (χ0v) is 20.1. The largest absolute Gasteiger partial charge is 0.394 e. The van der Waals surface area contributed by atoms with Crippen molar-refractivity contribution in [3.8, 4) is 0 Å². The van der Waals surface area contributed by atoms with E-state index in [1.54, 1.807) is 0 Å². The van der Waals surface area contributed by atoms with E-state index in [-0.39, 0.29) is 0 Å². The van der Waals surface area contributed by atoms with Crippen molar-refractivity contribution in [3.63, 3.8) is 0 Å². The van der Waals surface area contributed by atoms with Crippen LogP contribution in [-0.2, 0) is 14.2 Å². The first kappa shape index (κ1) is 29.2. The van der Waals surface area contributed by atoms with Gasteiger partial charge in [0.25, 0.3) is 0 Å². The van der Waals surface area contributed by atoms with Gasteiger partial charge in [0.05, 0.1) is 13.2 Å². The van der Waals surface area contributed by atoms with E-state index in [2.05, 4.69) is 6.92 Å². The fraction of sp³-hybridized carbons (Fsp3) is 1.00. The molecule has 0 aromatic carbocycles. The second-order valence-electron chi connectivity index (χ2n) is 8.85. The number of unbranched alkanes of at least 4 members (excludes halogenated alkanes) is 7. The minimum Gasteiger partial charge on any atom is -0.394 e. The van der Waals surface area contributed by atoms with Crippen LogP contribution in [0.4, 0.5) is 0 Å². The Bertz CT molecular complexity index is 525. The summed E-state index contributed by atoms with van der Waals surface area (Å²) in [4.78, 5) is 0. The van der Waals surface area contributed by atoms with Gasteiger partial charge in [-0.1, -0.05) is 51.9 Å². The quantitative estimate of drug-likeness (QED) is 0.154. The summed E-state index contributed by atoms with van der Waals surface area (Å²) in [6.45, 7) is 1.06. The van der Waals surface area contributed by atoms with Crippen LogP contribution in [0.5, 0.6) is 0 Å². The molecule has 0 aliphatic carbocycles. The number of rotatable bonds is 14. The lowest BCUT2D eigenvalue weighted by Gasteiger charge is -2.46. The molecule has 11 heteroatoms. The van der Waals surface area contributed by atoms with Crippen LogP contribution >= 0.6 is 11.8 Å². The van der Waals surface area contributed by atoms with E-state index in [1.165, 1.54) is 43.9 Å². The molecule has 0 saturated carbocycles. The zero-order chi connectivity index (χ0) is 24.4. The Morgan fingerprint density at radius 3 is 1.88 bits per heavy atom. The van der Waals surface area contributed by atoms with E-state index in [4.69, 9.17) is 14.2 Å². The third kappa shape index (κ3) is 8.25. The van der Waals surface area contributed by atoms with Gasteiger partial charge in [-0.2, -0.15) is 0 Å². The van der Waals surface area contributed by atoms with Gasteiger partial charge in [-0.25, -0.2) is 0 Å². The lowest BCUT2D eigenvalue weighted by atomic mass is 9.97. The van der Waals surface area contributed by atoms with Crippen LogP contribution in [-0.4, -0.2) is 115 Å². The summed E-state index contributed by atoms with van der Waals surface area (Å²) < 4.78 is 16.6. The minimum atomic E-state index is -1.67. The second-order valence-corrected chi connectivity index (χ2v) is 10.1. The smallest absolute Gasteiger partial charge is 0.187 e. The summed E-state index contributed by atoms with van der Waals surface area (Å²) >= 11 is 1.37. The molecule has 2 rings (SSSR count). The van der Waals surface area contributed by atoms with Gasteiger partial charge in [-0.3, -0.25) is 0 Å². The first-order chi connectivity index (χ1) is 15.8. The standard InChI is InChI=1S/C22H42O10S/c1-2-3-4-5-6-7-8-9-10-33-22-19(29)17(27)20(14(12-24)31-22)32-21-18(28)16(26)15(25)13(11-23)30-21/h13-29H,2-12H2,1H3/t13?,14?,15-,16?,17?,18?,19?,20-,21-,22+/m1/s1. The van der Waals surface area contributed by atoms with Crippen molar-refractivity contribution in [1.29, 1.82) is 0 Å². The molecular weight excluding hydrogens is 456 g/mol. The van der Waals surface area contributed by atoms with Gasteiger partial charge < -0.3 is 50.0 Å². The van der Waals surface area contributed by atoms with Gasteiger partial charge in [0.1, 0.15) is 54.3 Å². The Hall–Kier alpha value is -0.0500. The highest BCUT2D eigenvalue weighted by Crippen LogP contribution is 2.33. The molecule has 2 fully saturated rings. The molecule has 0 radical (unpaired) electrons. The van der Waals surface area contributed by atoms with Gasteiger partial charge in [0.2, 0.25) is 0 Å². The van der Waals surface area contributed by atoms with Crippen LogP contribution in [0.25, 0.3) is 0 Å². The van der Waals surface area contributed by atoms with Gasteiger partial charge >= 0.3 is 0 Å². The summed E-state index contributed by atoms with van der Waals surface area (Å²) in [5, 5.41) is 70.2. The zero-order valence-electron chi connectivity index (χ0n) is 19.3. The molecule has 2 saturated heterocycles. The number of hydrogen-bond acceptors (Lipinski definition) is 11. The van der Waals surface area contributed by atoms with Gasteiger partial charge in [0.15, 0.2) is 6.29 Å². The molecule has 0 aromatic heterocycles. The molecule has 10 atom stereocenters. The third-order valence-electron chi connectivity index (χ3n) is 6.24. The topological polar surface area (TPSA) is 169 Å². The fourth-order valence-electron chi connectivity index (χ4n) is 4.13. The Kier molecular flexibility index (Phi) is 13.4. The molecule has 196 valence electrons. The van der Waals surface area contributed by atoms with Crippen molar-refractivity contribution in [1.82, 2.24) is 0 Å². The van der Waals surface area contributed by atoms with E-state index in [0.717, 1.165) is 25.0 Å². The van der Waals surface area contributed by atoms with Crippen LogP contribution in [0, 0.1) is 0 Å². The number of aliphatic hydroxyl groups excluding tert-OH is 7. The summed E-state index contributed by atoms with van der Waals surface area (Å²) in [6.07, 6.45) is -3.10. The fourth-order valence-corrected chi connectivity index (χ4v) is 5.31. The van der Waals surface area contributed by atoms with Crippen molar-refractivity contribution >= 4 is 11.8 Å². The predicted molar refractivity (Wildman–Crippen MR) is 121 cm³/mol. The number of ether oxygens (including phenoxy) is 3. The SMILES string of the molecule is CCCCCCCCCCS[C@@H]1OC(CO)[C@@H](O[C@H]2OC(CO)[C@@H](O)C(O)C2O)C(O)C1O. The molecular formula is C22H42O10S. The lowest BCUT2D eigenvalue weighted by Crippen LogP contribution is -2.64. The van der Waals surface area contributed by atoms with Gasteiger partial charge in [-0.05, 0) is 12.2 Å². The predicted octanol–water partition coefficient (Wildman–Crippen LogP) is -0.516. The molecule has 33 heavy (non-hydrogen) atoms. The number of thioether (sulfide) groups is 1. The average Bonchev–Trinajstić information content (AvgIpc) is 2.82. The monoisotopic (exact) mass is 498 g/mol. The van der Waals surface area contributed by atoms with Gasteiger partial charge in [-0.15, -0.1) is 11.8 Å². The summed E-state index contributed by atoms with van der Waals surface area (Å²) in [6, 6.07) is 0. The number of aliphatic hydroxyl groups is 7. The highest BCUT2D eigenvalue weighted by Gasteiger charge is 2.50. The Balaban J connectivity index is 1.82. The maximum atomic E-state index is 10.6.